The van der Waals surface area contributed by atoms with Crippen molar-refractivity contribution in [3.63, 3.8) is 0 Å². The van der Waals surface area contributed by atoms with Crippen LogP contribution in [0.15, 0.2) is 59.3 Å². The maximum atomic E-state index is 13.1. The molecule has 1 amide bonds. The Kier molecular flexibility index (Phi) is 5.02. The molecule has 0 aliphatic heterocycles. The highest BCUT2D eigenvalue weighted by atomic mass is 32.2. The molecule has 0 spiro atoms. The minimum Gasteiger partial charge on any atom is -0.451 e. The van der Waals surface area contributed by atoms with Crippen LogP contribution in [0, 0.1) is 0 Å². The molecular weight excluding hydrogens is 382 g/mol. The molecule has 4 aromatic rings. The molecule has 1 aliphatic rings. The van der Waals surface area contributed by atoms with Crippen molar-refractivity contribution in [3.05, 3.63) is 66.2 Å². The number of thioether (sulfide) groups is 1. The van der Waals surface area contributed by atoms with E-state index in [0.717, 1.165) is 33.3 Å². The number of imidazole rings is 1. The number of hydrogen-bond donors (Lipinski definition) is 1. The van der Waals surface area contributed by atoms with Gasteiger partial charge in [0.25, 0.3) is 0 Å². The average molecular weight is 406 g/mol. The Morgan fingerprint density at radius 2 is 1.90 bits per heavy atom. The van der Waals surface area contributed by atoms with Crippen LogP contribution in [0.5, 0.6) is 0 Å². The van der Waals surface area contributed by atoms with Crippen molar-refractivity contribution in [2.24, 2.45) is 0 Å². The van der Waals surface area contributed by atoms with Crippen LogP contribution in [0.2, 0.25) is 0 Å². The van der Waals surface area contributed by atoms with Crippen LogP contribution < -0.4 is 5.43 Å². The largest absolute Gasteiger partial charge is 0.451 e. The Labute approximate surface area is 173 Å². The van der Waals surface area contributed by atoms with Gasteiger partial charge in [0.1, 0.15) is 11.9 Å². The molecule has 1 aliphatic carbocycles. The standard InChI is InChI=1S/C23H23N3O2S/c27-23(25-26-15-24-19-11-5-6-12-20(19)26)22-18(14-29-16-8-2-1-3-9-16)17-10-4-7-13-21(17)28-22/h4-7,10-13,15-16H,1-3,8-9,14H2,(H,25,27). The van der Waals surface area contributed by atoms with Crippen molar-refractivity contribution in [3.8, 4) is 0 Å². The lowest BCUT2D eigenvalue weighted by atomic mass is 10.0. The van der Waals surface area contributed by atoms with Gasteiger partial charge in [-0.15, -0.1) is 0 Å². The third kappa shape index (κ3) is 3.65. The van der Waals surface area contributed by atoms with Crippen LogP contribution in [0.25, 0.3) is 22.0 Å². The van der Waals surface area contributed by atoms with Crippen LogP contribution in [0.1, 0.15) is 48.2 Å². The number of amides is 1. The van der Waals surface area contributed by atoms with Gasteiger partial charge in [0.2, 0.25) is 0 Å². The molecule has 2 heterocycles. The molecule has 1 fully saturated rings. The van der Waals surface area contributed by atoms with Gasteiger partial charge in [-0.2, -0.15) is 11.8 Å². The lowest BCUT2D eigenvalue weighted by Gasteiger charge is -2.20. The fourth-order valence-corrected chi connectivity index (χ4v) is 5.42. The van der Waals surface area contributed by atoms with Crippen LogP contribution in [-0.4, -0.2) is 20.8 Å². The van der Waals surface area contributed by atoms with E-state index in [9.17, 15) is 4.79 Å². The van der Waals surface area contributed by atoms with Gasteiger partial charge in [0.05, 0.1) is 11.0 Å². The number of furan rings is 1. The van der Waals surface area contributed by atoms with Crippen molar-refractivity contribution >= 4 is 39.7 Å². The third-order valence-corrected chi connectivity index (χ3v) is 6.99. The van der Waals surface area contributed by atoms with Gasteiger partial charge in [0.15, 0.2) is 5.76 Å². The zero-order valence-corrected chi connectivity index (χ0v) is 17.0. The normalized spacial score (nSPS) is 15.2. The second-order valence-electron chi connectivity index (χ2n) is 7.52. The van der Waals surface area contributed by atoms with E-state index in [-0.39, 0.29) is 5.91 Å². The number of nitrogens with one attached hydrogen (secondary N) is 1. The monoisotopic (exact) mass is 405 g/mol. The number of carbonyl (C=O) groups excluding carboxylic acids is 1. The topological polar surface area (TPSA) is 60.1 Å². The van der Waals surface area contributed by atoms with Crippen LogP contribution in [-0.2, 0) is 5.75 Å². The molecule has 29 heavy (non-hydrogen) atoms. The van der Waals surface area contributed by atoms with Crippen molar-refractivity contribution in [2.75, 3.05) is 5.43 Å². The smallest absolute Gasteiger partial charge is 0.306 e. The SMILES string of the molecule is O=C(Nn1cnc2ccccc21)c1oc2ccccc2c1CSC1CCCCC1. The quantitative estimate of drug-likeness (QED) is 0.460. The fourth-order valence-electron chi connectivity index (χ4n) is 4.07. The molecule has 6 heteroatoms. The summed E-state index contributed by atoms with van der Waals surface area (Å²) in [6, 6.07) is 15.6. The summed E-state index contributed by atoms with van der Waals surface area (Å²) >= 11 is 1.95. The van der Waals surface area contributed by atoms with E-state index >= 15 is 0 Å². The van der Waals surface area contributed by atoms with E-state index < -0.39 is 0 Å². The summed E-state index contributed by atoms with van der Waals surface area (Å²) in [6.07, 6.45) is 8.13. The molecule has 1 saturated carbocycles. The summed E-state index contributed by atoms with van der Waals surface area (Å²) in [5.41, 5.74) is 6.37. The third-order valence-electron chi connectivity index (χ3n) is 5.60. The van der Waals surface area contributed by atoms with Crippen LogP contribution in [0.4, 0.5) is 0 Å². The Bertz CT molecular complexity index is 1160. The first-order valence-electron chi connectivity index (χ1n) is 10.1. The van der Waals surface area contributed by atoms with Gasteiger partial charge < -0.3 is 4.42 Å². The molecule has 148 valence electrons. The van der Waals surface area contributed by atoms with Gasteiger partial charge >= 0.3 is 5.91 Å². The van der Waals surface area contributed by atoms with Crippen molar-refractivity contribution in [2.45, 2.75) is 43.1 Å². The Balaban J connectivity index is 1.44. The highest BCUT2D eigenvalue weighted by molar-refractivity contribution is 7.99. The van der Waals surface area contributed by atoms with E-state index in [1.807, 2.05) is 60.3 Å². The number of aromatic nitrogens is 2. The number of nitrogens with zero attached hydrogens (tertiary/aromatic N) is 2. The molecule has 0 atom stereocenters. The predicted molar refractivity (Wildman–Crippen MR) is 118 cm³/mol. The van der Waals surface area contributed by atoms with Gasteiger partial charge in [-0.1, -0.05) is 49.6 Å². The average Bonchev–Trinajstić information content (AvgIpc) is 3.35. The lowest BCUT2D eigenvalue weighted by molar-refractivity contribution is 0.0983. The van der Waals surface area contributed by atoms with Crippen LogP contribution in [0.3, 0.4) is 0 Å². The Hall–Kier alpha value is -2.73. The van der Waals surface area contributed by atoms with E-state index in [1.54, 1.807) is 11.0 Å². The Morgan fingerprint density at radius 3 is 2.79 bits per heavy atom. The van der Waals surface area contributed by atoms with Gasteiger partial charge in [-0.3, -0.25) is 10.2 Å². The second kappa shape index (κ2) is 7.95. The Morgan fingerprint density at radius 1 is 1.10 bits per heavy atom. The number of para-hydroxylation sites is 3. The second-order valence-corrected chi connectivity index (χ2v) is 8.81. The molecule has 0 radical (unpaired) electrons. The number of rotatable bonds is 5. The minimum atomic E-state index is -0.247. The van der Waals surface area contributed by atoms with Gasteiger partial charge in [0, 0.05) is 22.0 Å². The molecule has 1 N–H and O–H groups in total. The van der Waals surface area contributed by atoms with Crippen molar-refractivity contribution < 1.29 is 9.21 Å². The van der Waals surface area contributed by atoms with Crippen LogP contribution >= 0.6 is 11.8 Å². The predicted octanol–water partition coefficient (Wildman–Crippen LogP) is 5.73. The van der Waals surface area contributed by atoms with Gasteiger partial charge in [-0.25, -0.2) is 9.66 Å². The van der Waals surface area contributed by atoms with Crippen molar-refractivity contribution in [1.29, 1.82) is 0 Å². The zero-order valence-electron chi connectivity index (χ0n) is 16.1. The van der Waals surface area contributed by atoms with Crippen molar-refractivity contribution in [1.82, 2.24) is 9.66 Å². The first kappa shape index (κ1) is 18.3. The summed E-state index contributed by atoms with van der Waals surface area (Å²) in [5.74, 6) is 0.936. The number of fused-ring (bicyclic) bond motifs is 2. The minimum absolute atomic E-state index is 0.247. The number of carbonyl (C=O) groups is 1. The maximum Gasteiger partial charge on any atom is 0.306 e. The molecule has 2 aromatic heterocycles. The fraction of sp³-hybridized carbons (Fsp3) is 0.304. The van der Waals surface area contributed by atoms with E-state index in [1.165, 1.54) is 32.1 Å². The zero-order chi connectivity index (χ0) is 19.6. The molecule has 2 aromatic carbocycles. The molecular formula is C23H23N3O2S. The summed E-state index contributed by atoms with van der Waals surface area (Å²) in [4.78, 5) is 17.5. The number of hydrogen-bond acceptors (Lipinski definition) is 4. The van der Waals surface area contributed by atoms with E-state index in [0.29, 0.717) is 11.0 Å². The number of benzene rings is 2. The highest BCUT2D eigenvalue weighted by Gasteiger charge is 2.23. The summed E-state index contributed by atoms with van der Waals surface area (Å²) in [5, 5.41) is 1.70. The van der Waals surface area contributed by atoms with E-state index in [4.69, 9.17) is 4.42 Å². The van der Waals surface area contributed by atoms with E-state index in [2.05, 4.69) is 10.4 Å². The maximum absolute atomic E-state index is 13.1. The summed E-state index contributed by atoms with van der Waals surface area (Å²) in [6.45, 7) is 0. The molecule has 0 saturated heterocycles. The summed E-state index contributed by atoms with van der Waals surface area (Å²) in [7, 11) is 0. The highest BCUT2D eigenvalue weighted by Crippen LogP contribution is 2.35. The molecule has 5 rings (SSSR count). The molecule has 5 nitrogen and oxygen atoms in total. The van der Waals surface area contributed by atoms with Gasteiger partial charge in [-0.05, 0) is 31.0 Å². The molecule has 0 unspecified atom stereocenters. The first-order valence-corrected chi connectivity index (χ1v) is 11.2. The summed E-state index contributed by atoms with van der Waals surface area (Å²) < 4.78 is 7.66. The molecule has 0 bridgehead atoms. The first-order chi connectivity index (χ1) is 14.3. The lowest BCUT2D eigenvalue weighted by Crippen LogP contribution is -2.22.